The van der Waals surface area contributed by atoms with Crippen molar-refractivity contribution < 1.29 is 17.9 Å². The molecule has 1 saturated carbocycles. The van der Waals surface area contributed by atoms with Crippen LogP contribution >= 0.6 is 0 Å². The van der Waals surface area contributed by atoms with Crippen molar-refractivity contribution in [3.63, 3.8) is 0 Å². The van der Waals surface area contributed by atoms with Gasteiger partial charge in [0.1, 0.15) is 0 Å². The molecular formula is C25H29F3O. The Kier molecular flexibility index (Phi) is 5.89. The molecule has 0 bridgehead atoms. The van der Waals surface area contributed by atoms with Crippen molar-refractivity contribution in [1.29, 1.82) is 0 Å². The summed E-state index contributed by atoms with van der Waals surface area (Å²) in [5.74, 6) is -1.47. The van der Waals surface area contributed by atoms with Gasteiger partial charge >= 0.3 is 0 Å². The van der Waals surface area contributed by atoms with Gasteiger partial charge < -0.3 is 4.74 Å². The zero-order chi connectivity index (χ0) is 20.5. The molecule has 2 aromatic carbocycles. The van der Waals surface area contributed by atoms with Crippen molar-refractivity contribution in [3.8, 4) is 28.0 Å². The minimum absolute atomic E-state index is 0.0498. The first-order valence-electron chi connectivity index (χ1n) is 11.0. The first-order valence-corrected chi connectivity index (χ1v) is 11.0. The van der Waals surface area contributed by atoms with E-state index in [9.17, 15) is 13.2 Å². The molecule has 0 radical (unpaired) electrons. The van der Waals surface area contributed by atoms with Gasteiger partial charge in [0.2, 0.25) is 0 Å². The summed E-state index contributed by atoms with van der Waals surface area (Å²) in [6.07, 6.45) is 8.96. The molecule has 2 aliphatic carbocycles. The second-order valence-electron chi connectivity index (χ2n) is 8.46. The van der Waals surface area contributed by atoms with Crippen LogP contribution in [0.25, 0.3) is 22.3 Å². The van der Waals surface area contributed by atoms with Crippen LogP contribution in [0.2, 0.25) is 0 Å². The van der Waals surface area contributed by atoms with E-state index in [1.807, 2.05) is 0 Å². The lowest BCUT2D eigenvalue weighted by Gasteiger charge is -2.32. The lowest BCUT2D eigenvalue weighted by molar-refractivity contribution is 0.298. The van der Waals surface area contributed by atoms with E-state index >= 15 is 0 Å². The monoisotopic (exact) mass is 402 g/mol. The molecule has 0 saturated heterocycles. The van der Waals surface area contributed by atoms with Crippen LogP contribution in [0.1, 0.15) is 76.7 Å². The van der Waals surface area contributed by atoms with Gasteiger partial charge in [-0.3, -0.25) is 0 Å². The lowest BCUT2D eigenvalue weighted by atomic mass is 9.73. The third-order valence-corrected chi connectivity index (χ3v) is 6.68. The van der Waals surface area contributed by atoms with Gasteiger partial charge in [0, 0.05) is 11.1 Å². The summed E-state index contributed by atoms with van der Waals surface area (Å²) in [5, 5.41) is 0. The first kappa shape index (κ1) is 20.3. The number of fused-ring (bicyclic) bond motifs is 4. The SMILES string of the molecule is CCCCCC1CCC(c2cc3c(c(F)c2F)-c2c-3ccc(OCC)c2F)CC1. The van der Waals surface area contributed by atoms with Crippen LogP contribution in [0, 0.1) is 23.4 Å². The molecule has 1 nitrogen and oxygen atoms in total. The summed E-state index contributed by atoms with van der Waals surface area (Å²) in [7, 11) is 0. The number of hydrogen-bond acceptors (Lipinski definition) is 1. The minimum Gasteiger partial charge on any atom is -0.491 e. The summed E-state index contributed by atoms with van der Waals surface area (Å²) in [6.45, 7) is 4.29. The van der Waals surface area contributed by atoms with Crippen LogP contribution < -0.4 is 4.74 Å². The van der Waals surface area contributed by atoms with Crippen LogP contribution in [0.5, 0.6) is 5.75 Å². The van der Waals surface area contributed by atoms with Gasteiger partial charge in [-0.2, -0.15) is 0 Å². The number of benzene rings is 2. The van der Waals surface area contributed by atoms with Crippen LogP contribution in [-0.2, 0) is 0 Å². The second-order valence-corrected chi connectivity index (χ2v) is 8.46. The fourth-order valence-corrected chi connectivity index (χ4v) is 5.08. The van der Waals surface area contributed by atoms with E-state index in [4.69, 9.17) is 4.74 Å². The molecule has 0 heterocycles. The quantitative estimate of drug-likeness (QED) is 0.364. The lowest BCUT2D eigenvalue weighted by Crippen LogP contribution is -2.17. The van der Waals surface area contributed by atoms with Crippen LogP contribution in [0.4, 0.5) is 13.2 Å². The highest BCUT2D eigenvalue weighted by Gasteiger charge is 2.36. The number of halogens is 3. The topological polar surface area (TPSA) is 9.23 Å². The van der Waals surface area contributed by atoms with Gasteiger partial charge in [-0.1, -0.05) is 32.6 Å². The smallest absolute Gasteiger partial charge is 0.173 e. The third-order valence-electron chi connectivity index (χ3n) is 6.68. The average molecular weight is 403 g/mol. The maximum atomic E-state index is 15.0. The maximum Gasteiger partial charge on any atom is 0.173 e. The third kappa shape index (κ3) is 3.55. The predicted molar refractivity (Wildman–Crippen MR) is 111 cm³/mol. The molecule has 0 atom stereocenters. The molecule has 0 spiro atoms. The zero-order valence-electron chi connectivity index (χ0n) is 17.3. The van der Waals surface area contributed by atoms with Gasteiger partial charge in [0.15, 0.2) is 23.2 Å². The summed E-state index contributed by atoms with van der Waals surface area (Å²) in [4.78, 5) is 0. The highest BCUT2D eigenvalue weighted by molar-refractivity contribution is 6.03. The normalized spacial score (nSPS) is 20.0. The first-order chi connectivity index (χ1) is 14.1. The Balaban J connectivity index is 1.56. The van der Waals surface area contributed by atoms with E-state index in [0.717, 1.165) is 25.7 Å². The van der Waals surface area contributed by atoms with E-state index in [2.05, 4.69) is 6.92 Å². The summed E-state index contributed by atoms with van der Waals surface area (Å²) < 4.78 is 49.9. The molecule has 2 aromatic rings. The van der Waals surface area contributed by atoms with Crippen molar-refractivity contribution in [2.24, 2.45) is 5.92 Å². The summed E-state index contributed by atoms with van der Waals surface area (Å²) in [6, 6.07) is 5.08. The molecule has 2 aliphatic rings. The van der Waals surface area contributed by atoms with Crippen molar-refractivity contribution >= 4 is 0 Å². The molecule has 4 rings (SSSR count). The number of hydrogen-bond donors (Lipinski definition) is 0. The molecule has 0 aromatic heterocycles. The highest BCUT2D eigenvalue weighted by atomic mass is 19.2. The van der Waals surface area contributed by atoms with E-state index in [0.29, 0.717) is 29.2 Å². The van der Waals surface area contributed by atoms with E-state index in [1.165, 1.54) is 25.7 Å². The Morgan fingerprint density at radius 2 is 1.59 bits per heavy atom. The van der Waals surface area contributed by atoms with Gasteiger partial charge in [-0.15, -0.1) is 0 Å². The standard InChI is InChI=1S/C25H29F3O/c1-3-5-6-7-15-8-10-16(11-9-15)18-14-19-17-12-13-20(29-4-2)24(27)21(17)22(19)25(28)23(18)26/h12-16H,3-11H2,1-2H3. The predicted octanol–water partition coefficient (Wildman–Crippen LogP) is 8.00. The Bertz CT molecular complexity index is 898. The molecule has 156 valence electrons. The molecule has 0 N–H and O–H groups in total. The molecular weight excluding hydrogens is 373 g/mol. The van der Waals surface area contributed by atoms with Gasteiger partial charge in [-0.05, 0) is 79.3 Å². The summed E-state index contributed by atoms with van der Waals surface area (Å²) >= 11 is 0. The highest BCUT2D eigenvalue weighted by Crippen LogP contribution is 2.54. The van der Waals surface area contributed by atoms with Crippen molar-refractivity contribution in [2.75, 3.05) is 6.61 Å². The fraction of sp³-hybridized carbons (Fsp3) is 0.520. The molecule has 1 fully saturated rings. The second kappa shape index (κ2) is 8.41. The maximum absolute atomic E-state index is 15.0. The van der Waals surface area contributed by atoms with Crippen molar-refractivity contribution in [2.45, 2.75) is 71.1 Å². The van der Waals surface area contributed by atoms with Crippen molar-refractivity contribution in [3.05, 3.63) is 41.2 Å². The van der Waals surface area contributed by atoms with Crippen LogP contribution in [0.15, 0.2) is 18.2 Å². The van der Waals surface area contributed by atoms with Gasteiger partial charge in [0.05, 0.1) is 6.61 Å². The van der Waals surface area contributed by atoms with Gasteiger partial charge in [-0.25, -0.2) is 13.2 Å². The molecule has 29 heavy (non-hydrogen) atoms. The Morgan fingerprint density at radius 3 is 2.28 bits per heavy atom. The Hall–Kier alpha value is -1.97. The largest absolute Gasteiger partial charge is 0.491 e. The number of rotatable bonds is 7. The Morgan fingerprint density at radius 1 is 0.862 bits per heavy atom. The van der Waals surface area contributed by atoms with E-state index < -0.39 is 17.5 Å². The van der Waals surface area contributed by atoms with E-state index in [1.54, 1.807) is 25.1 Å². The van der Waals surface area contributed by atoms with Crippen molar-refractivity contribution in [1.82, 2.24) is 0 Å². The summed E-state index contributed by atoms with van der Waals surface area (Å²) in [5.41, 5.74) is 1.95. The van der Waals surface area contributed by atoms with E-state index in [-0.39, 0.29) is 22.8 Å². The zero-order valence-corrected chi connectivity index (χ0v) is 17.3. The Labute approximate surface area is 171 Å². The molecule has 4 heteroatoms. The number of unbranched alkanes of at least 4 members (excludes halogenated alkanes) is 2. The average Bonchev–Trinajstić information content (AvgIpc) is 2.71. The molecule has 0 amide bonds. The fourth-order valence-electron chi connectivity index (χ4n) is 5.08. The minimum atomic E-state index is -0.914. The van der Waals surface area contributed by atoms with Crippen LogP contribution in [0.3, 0.4) is 0 Å². The number of ether oxygens (including phenoxy) is 1. The molecule has 0 unspecified atom stereocenters. The van der Waals surface area contributed by atoms with Gasteiger partial charge in [0.25, 0.3) is 0 Å². The van der Waals surface area contributed by atoms with Crippen LogP contribution in [-0.4, -0.2) is 6.61 Å². The molecule has 0 aliphatic heterocycles.